The predicted octanol–water partition coefficient (Wildman–Crippen LogP) is 2.85. The van der Waals surface area contributed by atoms with Crippen LogP contribution in [0.5, 0.6) is 5.75 Å². The molecule has 0 spiro atoms. The van der Waals surface area contributed by atoms with Crippen molar-refractivity contribution in [3.63, 3.8) is 0 Å². The van der Waals surface area contributed by atoms with Crippen molar-refractivity contribution in [2.45, 2.75) is 32.8 Å². The molecule has 0 saturated carbocycles. The molecule has 1 heterocycles. The molecule has 1 aromatic heterocycles. The molecule has 1 aromatic carbocycles. The van der Waals surface area contributed by atoms with E-state index >= 15 is 0 Å². The predicted molar refractivity (Wildman–Crippen MR) is 78.9 cm³/mol. The lowest BCUT2D eigenvalue weighted by Crippen LogP contribution is -2.09. The van der Waals surface area contributed by atoms with E-state index in [9.17, 15) is 5.11 Å². The largest absolute Gasteiger partial charge is 0.493 e. The summed E-state index contributed by atoms with van der Waals surface area (Å²) in [4.78, 5) is 0. The SMILES string of the molecule is CCCOc1ccccc1C(O)c1cc(CC)nn1C. The molecule has 0 amide bonds. The number of aromatic nitrogens is 2. The van der Waals surface area contributed by atoms with Crippen molar-refractivity contribution in [1.29, 1.82) is 0 Å². The van der Waals surface area contributed by atoms with Gasteiger partial charge in [0, 0.05) is 12.6 Å². The van der Waals surface area contributed by atoms with Crippen LogP contribution in [-0.4, -0.2) is 21.5 Å². The molecule has 4 nitrogen and oxygen atoms in total. The number of hydrogen-bond acceptors (Lipinski definition) is 3. The number of aliphatic hydroxyl groups excluding tert-OH is 1. The summed E-state index contributed by atoms with van der Waals surface area (Å²) in [5.41, 5.74) is 2.55. The van der Waals surface area contributed by atoms with E-state index in [0.717, 1.165) is 35.5 Å². The van der Waals surface area contributed by atoms with Gasteiger partial charge in [0.1, 0.15) is 11.9 Å². The molecule has 0 fully saturated rings. The average molecular weight is 274 g/mol. The quantitative estimate of drug-likeness (QED) is 0.881. The number of benzene rings is 1. The first kappa shape index (κ1) is 14.6. The second kappa shape index (κ2) is 6.57. The van der Waals surface area contributed by atoms with Crippen molar-refractivity contribution in [3.8, 4) is 5.75 Å². The summed E-state index contributed by atoms with van der Waals surface area (Å²) in [5, 5.41) is 15.0. The number of hydrogen-bond donors (Lipinski definition) is 1. The van der Waals surface area contributed by atoms with Gasteiger partial charge < -0.3 is 9.84 Å². The Morgan fingerprint density at radius 2 is 2.05 bits per heavy atom. The van der Waals surface area contributed by atoms with Crippen LogP contribution < -0.4 is 4.74 Å². The molecule has 108 valence electrons. The molecule has 0 bridgehead atoms. The third kappa shape index (κ3) is 3.02. The normalized spacial score (nSPS) is 12.4. The average Bonchev–Trinajstić information content (AvgIpc) is 2.86. The van der Waals surface area contributed by atoms with E-state index in [1.54, 1.807) is 4.68 Å². The molecule has 1 unspecified atom stereocenters. The van der Waals surface area contributed by atoms with Crippen LogP contribution in [0.15, 0.2) is 30.3 Å². The van der Waals surface area contributed by atoms with Gasteiger partial charge in [-0.05, 0) is 25.0 Å². The van der Waals surface area contributed by atoms with Gasteiger partial charge in [0.05, 0.1) is 18.0 Å². The highest BCUT2D eigenvalue weighted by Crippen LogP contribution is 2.30. The van der Waals surface area contributed by atoms with Crippen LogP contribution in [0.3, 0.4) is 0 Å². The van der Waals surface area contributed by atoms with Crippen molar-refractivity contribution >= 4 is 0 Å². The van der Waals surface area contributed by atoms with Crippen LogP contribution >= 0.6 is 0 Å². The topological polar surface area (TPSA) is 47.3 Å². The van der Waals surface area contributed by atoms with Crippen molar-refractivity contribution in [2.24, 2.45) is 7.05 Å². The van der Waals surface area contributed by atoms with Crippen molar-refractivity contribution in [1.82, 2.24) is 9.78 Å². The van der Waals surface area contributed by atoms with Gasteiger partial charge in [0.25, 0.3) is 0 Å². The zero-order chi connectivity index (χ0) is 14.5. The first-order valence-corrected chi connectivity index (χ1v) is 7.10. The second-order valence-corrected chi connectivity index (χ2v) is 4.83. The van der Waals surface area contributed by atoms with Crippen LogP contribution in [0.1, 0.15) is 43.3 Å². The molecule has 20 heavy (non-hydrogen) atoms. The van der Waals surface area contributed by atoms with Gasteiger partial charge in [-0.25, -0.2) is 0 Å². The highest BCUT2D eigenvalue weighted by Gasteiger charge is 2.19. The number of ether oxygens (including phenoxy) is 1. The highest BCUT2D eigenvalue weighted by molar-refractivity contribution is 5.39. The second-order valence-electron chi connectivity index (χ2n) is 4.83. The summed E-state index contributed by atoms with van der Waals surface area (Å²) in [6.07, 6.45) is 1.07. The van der Waals surface area contributed by atoms with E-state index in [2.05, 4.69) is 18.9 Å². The van der Waals surface area contributed by atoms with Gasteiger partial charge >= 0.3 is 0 Å². The molecule has 0 aliphatic heterocycles. The minimum atomic E-state index is -0.721. The summed E-state index contributed by atoms with van der Waals surface area (Å²) in [7, 11) is 1.85. The summed E-state index contributed by atoms with van der Waals surface area (Å²) in [6, 6.07) is 9.57. The fourth-order valence-electron chi connectivity index (χ4n) is 2.18. The maximum Gasteiger partial charge on any atom is 0.125 e. The van der Waals surface area contributed by atoms with E-state index in [-0.39, 0.29) is 0 Å². The lowest BCUT2D eigenvalue weighted by Gasteiger charge is -2.16. The van der Waals surface area contributed by atoms with Crippen LogP contribution in [0.4, 0.5) is 0 Å². The van der Waals surface area contributed by atoms with Crippen molar-refractivity contribution < 1.29 is 9.84 Å². The standard InChI is InChI=1S/C16H22N2O2/c1-4-10-20-15-9-7-6-8-13(15)16(19)14-11-12(5-2)17-18(14)3/h6-9,11,16,19H,4-5,10H2,1-3H3. The fourth-order valence-corrected chi connectivity index (χ4v) is 2.18. The Bertz CT molecular complexity index is 563. The molecule has 4 heteroatoms. The zero-order valence-corrected chi connectivity index (χ0v) is 12.3. The summed E-state index contributed by atoms with van der Waals surface area (Å²) >= 11 is 0. The number of nitrogens with zero attached hydrogens (tertiary/aromatic N) is 2. The number of rotatable bonds is 6. The van der Waals surface area contributed by atoms with Gasteiger partial charge in [0.15, 0.2) is 0 Å². The van der Waals surface area contributed by atoms with Crippen LogP contribution in [0.25, 0.3) is 0 Å². The van der Waals surface area contributed by atoms with Gasteiger partial charge in [-0.1, -0.05) is 32.0 Å². The summed E-state index contributed by atoms with van der Waals surface area (Å²) in [6.45, 7) is 4.76. The molecule has 2 rings (SSSR count). The minimum absolute atomic E-state index is 0.648. The lowest BCUT2D eigenvalue weighted by atomic mass is 10.0. The van der Waals surface area contributed by atoms with E-state index in [1.807, 2.05) is 37.4 Å². The number of aryl methyl sites for hydroxylation is 2. The van der Waals surface area contributed by atoms with Gasteiger partial charge in [-0.2, -0.15) is 5.10 Å². The third-order valence-electron chi connectivity index (χ3n) is 3.28. The molecule has 1 atom stereocenters. The Balaban J connectivity index is 2.32. The molecule has 1 N–H and O–H groups in total. The Morgan fingerprint density at radius 3 is 2.70 bits per heavy atom. The van der Waals surface area contributed by atoms with Crippen LogP contribution in [-0.2, 0) is 13.5 Å². The van der Waals surface area contributed by atoms with Gasteiger partial charge in [0.2, 0.25) is 0 Å². The Labute approximate surface area is 120 Å². The van der Waals surface area contributed by atoms with E-state index < -0.39 is 6.10 Å². The van der Waals surface area contributed by atoms with Crippen LogP contribution in [0.2, 0.25) is 0 Å². The van der Waals surface area contributed by atoms with E-state index in [1.165, 1.54) is 0 Å². The minimum Gasteiger partial charge on any atom is -0.493 e. The molecular weight excluding hydrogens is 252 g/mol. The zero-order valence-electron chi connectivity index (χ0n) is 12.3. The monoisotopic (exact) mass is 274 g/mol. The first-order chi connectivity index (χ1) is 9.67. The molecule has 2 aromatic rings. The number of para-hydroxylation sites is 1. The first-order valence-electron chi connectivity index (χ1n) is 7.10. The Kier molecular flexibility index (Phi) is 4.79. The summed E-state index contributed by atoms with van der Waals surface area (Å²) in [5.74, 6) is 0.737. The highest BCUT2D eigenvalue weighted by atomic mass is 16.5. The maximum atomic E-state index is 10.6. The smallest absolute Gasteiger partial charge is 0.125 e. The van der Waals surface area contributed by atoms with Gasteiger partial charge in [-0.15, -0.1) is 0 Å². The molecule has 0 saturated heterocycles. The van der Waals surface area contributed by atoms with E-state index in [0.29, 0.717) is 6.61 Å². The number of aliphatic hydroxyl groups is 1. The molecule has 0 aliphatic carbocycles. The Morgan fingerprint density at radius 1 is 1.30 bits per heavy atom. The lowest BCUT2D eigenvalue weighted by molar-refractivity contribution is 0.201. The molecule has 0 aliphatic rings. The third-order valence-corrected chi connectivity index (χ3v) is 3.28. The summed E-state index contributed by atoms with van der Waals surface area (Å²) < 4.78 is 7.45. The fraction of sp³-hybridized carbons (Fsp3) is 0.438. The van der Waals surface area contributed by atoms with Crippen molar-refractivity contribution in [2.75, 3.05) is 6.61 Å². The van der Waals surface area contributed by atoms with E-state index in [4.69, 9.17) is 4.74 Å². The molecule has 0 radical (unpaired) electrons. The maximum absolute atomic E-state index is 10.6. The van der Waals surface area contributed by atoms with Gasteiger partial charge in [-0.3, -0.25) is 4.68 Å². The molecular formula is C16H22N2O2. The Hall–Kier alpha value is -1.81. The van der Waals surface area contributed by atoms with Crippen molar-refractivity contribution in [3.05, 3.63) is 47.3 Å². The van der Waals surface area contributed by atoms with Crippen LogP contribution in [0, 0.1) is 0 Å².